The summed E-state index contributed by atoms with van der Waals surface area (Å²) in [5.74, 6) is -0.310. The number of ketones is 1. The van der Waals surface area contributed by atoms with Gasteiger partial charge in [0.2, 0.25) is 0 Å². The second-order valence-corrected chi connectivity index (χ2v) is 5.07. The highest BCUT2D eigenvalue weighted by Gasteiger charge is 2.15. The molecule has 2 aromatic carbocycles. The number of fused-ring (bicyclic) bond motifs is 1. The van der Waals surface area contributed by atoms with Gasteiger partial charge in [-0.05, 0) is 29.8 Å². The molecule has 1 heterocycles. The Morgan fingerprint density at radius 1 is 1.10 bits per heavy atom. The zero-order valence-corrected chi connectivity index (χ0v) is 11.3. The van der Waals surface area contributed by atoms with E-state index in [-0.39, 0.29) is 11.6 Å². The Morgan fingerprint density at radius 2 is 1.90 bits per heavy atom. The highest BCUT2D eigenvalue weighted by atomic mass is 35.5. The molecule has 0 saturated carbocycles. The number of carbonyl (C=O) groups is 1. The van der Waals surface area contributed by atoms with Crippen LogP contribution in [-0.2, 0) is 0 Å². The van der Waals surface area contributed by atoms with E-state index in [0.29, 0.717) is 34.7 Å². The summed E-state index contributed by atoms with van der Waals surface area (Å²) in [5.41, 5.74) is 2.55. The van der Waals surface area contributed by atoms with E-state index in [0.717, 1.165) is 5.56 Å². The van der Waals surface area contributed by atoms with Gasteiger partial charge in [0, 0.05) is 40.9 Å². The highest BCUT2D eigenvalue weighted by Crippen LogP contribution is 2.27. The molecule has 20 heavy (non-hydrogen) atoms. The Labute approximate surface area is 120 Å². The lowest BCUT2D eigenvalue weighted by molar-refractivity contribution is 0.0986. The molecule has 0 amide bonds. The van der Waals surface area contributed by atoms with Crippen LogP contribution in [0.5, 0.6) is 0 Å². The largest absolute Gasteiger partial charge is 0.294 e. The van der Waals surface area contributed by atoms with Crippen molar-refractivity contribution in [2.45, 2.75) is 6.42 Å². The van der Waals surface area contributed by atoms with E-state index >= 15 is 0 Å². The third kappa shape index (κ3) is 2.37. The molecule has 1 aliphatic rings. The van der Waals surface area contributed by atoms with Crippen molar-refractivity contribution in [2.24, 2.45) is 4.99 Å². The van der Waals surface area contributed by atoms with E-state index in [2.05, 4.69) is 4.99 Å². The third-order valence-corrected chi connectivity index (χ3v) is 3.53. The standard InChI is InChI=1S/C16H11ClFNO/c17-12-2-4-13(15(18)8-12)10-1-3-14-11(7-10)9-19-6-5-16(14)20/h1-4,7-9H,5-6H2. The molecule has 2 nitrogen and oxygen atoms in total. The van der Waals surface area contributed by atoms with Crippen LogP contribution in [0.25, 0.3) is 11.1 Å². The number of benzene rings is 2. The molecule has 2 aromatic rings. The summed E-state index contributed by atoms with van der Waals surface area (Å²) in [7, 11) is 0. The maximum Gasteiger partial charge on any atom is 0.165 e. The van der Waals surface area contributed by atoms with Crippen molar-refractivity contribution in [3.63, 3.8) is 0 Å². The van der Waals surface area contributed by atoms with Crippen molar-refractivity contribution in [3.8, 4) is 11.1 Å². The molecule has 0 aliphatic carbocycles. The summed E-state index contributed by atoms with van der Waals surface area (Å²) < 4.78 is 13.9. The van der Waals surface area contributed by atoms with Gasteiger partial charge in [0.25, 0.3) is 0 Å². The van der Waals surface area contributed by atoms with E-state index in [1.54, 1.807) is 36.5 Å². The van der Waals surface area contributed by atoms with Gasteiger partial charge in [0.15, 0.2) is 5.78 Å². The predicted octanol–water partition coefficient (Wildman–Crippen LogP) is 4.15. The molecule has 100 valence electrons. The van der Waals surface area contributed by atoms with Crippen LogP contribution in [-0.4, -0.2) is 18.5 Å². The van der Waals surface area contributed by atoms with Crippen molar-refractivity contribution < 1.29 is 9.18 Å². The third-order valence-electron chi connectivity index (χ3n) is 3.29. The monoisotopic (exact) mass is 287 g/mol. The Balaban J connectivity index is 2.12. The van der Waals surface area contributed by atoms with E-state index in [9.17, 15) is 9.18 Å². The summed E-state index contributed by atoms with van der Waals surface area (Å²) in [6.07, 6.45) is 2.09. The fourth-order valence-electron chi connectivity index (χ4n) is 2.28. The SMILES string of the molecule is O=C1CCN=Cc2cc(-c3ccc(Cl)cc3F)ccc21. The lowest BCUT2D eigenvalue weighted by Crippen LogP contribution is -2.02. The molecular formula is C16H11ClFNO. The van der Waals surface area contributed by atoms with E-state index < -0.39 is 0 Å². The van der Waals surface area contributed by atoms with Crippen molar-refractivity contribution in [1.82, 2.24) is 0 Å². The number of halogens is 2. The first-order valence-corrected chi connectivity index (χ1v) is 6.65. The first kappa shape index (κ1) is 13.0. The number of hydrogen-bond donors (Lipinski definition) is 0. The van der Waals surface area contributed by atoms with Crippen molar-refractivity contribution in [3.05, 3.63) is 58.4 Å². The molecule has 0 fully saturated rings. The van der Waals surface area contributed by atoms with Gasteiger partial charge in [-0.25, -0.2) is 4.39 Å². The molecule has 0 N–H and O–H groups in total. The van der Waals surface area contributed by atoms with Crippen LogP contribution >= 0.6 is 11.6 Å². The van der Waals surface area contributed by atoms with Crippen LogP contribution in [0.2, 0.25) is 5.02 Å². The second kappa shape index (κ2) is 5.17. The van der Waals surface area contributed by atoms with Crippen LogP contribution in [0.15, 0.2) is 41.4 Å². The minimum atomic E-state index is -0.380. The zero-order chi connectivity index (χ0) is 14.1. The molecule has 0 aromatic heterocycles. The topological polar surface area (TPSA) is 29.4 Å². The molecule has 0 unspecified atom stereocenters. The van der Waals surface area contributed by atoms with Gasteiger partial charge in [-0.1, -0.05) is 23.7 Å². The lowest BCUT2D eigenvalue weighted by atomic mass is 9.97. The molecule has 0 saturated heterocycles. The molecule has 0 spiro atoms. The van der Waals surface area contributed by atoms with Crippen molar-refractivity contribution in [2.75, 3.05) is 6.54 Å². The van der Waals surface area contributed by atoms with Gasteiger partial charge in [0.05, 0.1) is 0 Å². The predicted molar refractivity (Wildman–Crippen MR) is 78.3 cm³/mol. The van der Waals surface area contributed by atoms with Gasteiger partial charge in [0.1, 0.15) is 5.82 Å². The molecular weight excluding hydrogens is 277 g/mol. The summed E-state index contributed by atoms with van der Waals surface area (Å²) in [4.78, 5) is 16.1. The molecule has 0 radical (unpaired) electrons. The van der Waals surface area contributed by atoms with Gasteiger partial charge in [-0.2, -0.15) is 0 Å². The summed E-state index contributed by atoms with van der Waals surface area (Å²) in [6, 6.07) is 9.83. The molecule has 0 bridgehead atoms. The number of rotatable bonds is 1. The van der Waals surface area contributed by atoms with Crippen LogP contribution in [0, 0.1) is 5.82 Å². The summed E-state index contributed by atoms with van der Waals surface area (Å²) in [5, 5.41) is 0.359. The van der Waals surface area contributed by atoms with Crippen LogP contribution in [0.3, 0.4) is 0 Å². The summed E-state index contributed by atoms with van der Waals surface area (Å²) >= 11 is 5.75. The first-order valence-electron chi connectivity index (χ1n) is 6.27. The maximum atomic E-state index is 13.9. The van der Waals surface area contributed by atoms with Gasteiger partial charge >= 0.3 is 0 Å². The van der Waals surface area contributed by atoms with Crippen LogP contribution in [0.4, 0.5) is 4.39 Å². The van der Waals surface area contributed by atoms with Crippen molar-refractivity contribution >= 4 is 23.6 Å². The highest BCUT2D eigenvalue weighted by molar-refractivity contribution is 6.30. The number of hydrogen-bond acceptors (Lipinski definition) is 2. The van der Waals surface area contributed by atoms with Crippen LogP contribution in [0.1, 0.15) is 22.3 Å². The minimum Gasteiger partial charge on any atom is -0.294 e. The van der Waals surface area contributed by atoms with Gasteiger partial charge in [-0.3, -0.25) is 9.79 Å². The van der Waals surface area contributed by atoms with E-state index in [1.165, 1.54) is 6.07 Å². The fraction of sp³-hybridized carbons (Fsp3) is 0.125. The number of carbonyl (C=O) groups excluding carboxylic acids is 1. The Hall–Kier alpha value is -2.00. The van der Waals surface area contributed by atoms with Gasteiger partial charge < -0.3 is 0 Å². The zero-order valence-electron chi connectivity index (χ0n) is 10.6. The first-order chi connectivity index (χ1) is 9.65. The summed E-state index contributed by atoms with van der Waals surface area (Å²) in [6.45, 7) is 0.498. The Morgan fingerprint density at radius 3 is 2.70 bits per heavy atom. The number of aliphatic imine (C=N–C) groups is 1. The average Bonchev–Trinajstić information content (AvgIpc) is 2.60. The van der Waals surface area contributed by atoms with E-state index in [4.69, 9.17) is 11.6 Å². The fourth-order valence-corrected chi connectivity index (χ4v) is 2.44. The molecule has 0 atom stereocenters. The molecule has 4 heteroatoms. The molecule has 1 aliphatic heterocycles. The molecule has 3 rings (SSSR count). The Kier molecular flexibility index (Phi) is 3.36. The van der Waals surface area contributed by atoms with Crippen LogP contribution < -0.4 is 0 Å². The number of Topliss-reactive ketones (excluding diaryl/α,β-unsaturated/α-hetero) is 1. The normalized spacial score (nSPS) is 14.0. The minimum absolute atomic E-state index is 0.0700. The Bertz CT molecular complexity index is 724. The second-order valence-electron chi connectivity index (χ2n) is 4.63. The van der Waals surface area contributed by atoms with E-state index in [1.807, 2.05) is 0 Å². The maximum absolute atomic E-state index is 13.9. The average molecular weight is 288 g/mol. The van der Waals surface area contributed by atoms with Crippen molar-refractivity contribution in [1.29, 1.82) is 0 Å². The van der Waals surface area contributed by atoms with Gasteiger partial charge in [-0.15, -0.1) is 0 Å². The quantitative estimate of drug-likeness (QED) is 0.775. The number of nitrogens with zero attached hydrogens (tertiary/aromatic N) is 1. The smallest absolute Gasteiger partial charge is 0.165 e. The lowest BCUT2D eigenvalue weighted by Gasteiger charge is -2.08.